The molecule has 1 aromatic heterocycles. The maximum atomic E-state index is 14.3. The van der Waals surface area contributed by atoms with Crippen molar-refractivity contribution >= 4 is 5.78 Å². The topological polar surface area (TPSA) is 134 Å². The Morgan fingerprint density at radius 2 is 1.63 bits per heavy atom. The fourth-order valence-corrected chi connectivity index (χ4v) is 6.58. The predicted octanol–water partition coefficient (Wildman–Crippen LogP) is 3.90. The van der Waals surface area contributed by atoms with E-state index in [2.05, 4.69) is 0 Å². The highest BCUT2D eigenvalue weighted by Gasteiger charge is 2.78. The number of fused-ring (bicyclic) bond motifs is 3. The van der Waals surface area contributed by atoms with Gasteiger partial charge in [0.05, 0.1) is 39.4 Å². The van der Waals surface area contributed by atoms with Crippen LogP contribution in [0.5, 0.6) is 23.0 Å². The zero-order valence-electron chi connectivity index (χ0n) is 22.9. The summed E-state index contributed by atoms with van der Waals surface area (Å²) in [5.74, 6) is -0.525. The lowest BCUT2D eigenvalue weighted by Crippen LogP contribution is -2.52. The lowest BCUT2D eigenvalue weighted by Gasteiger charge is -2.40. The number of carbonyl (C=O) groups excluding carboxylic acids is 1. The Labute approximate surface area is 237 Å². The van der Waals surface area contributed by atoms with Gasteiger partial charge in [-0.1, -0.05) is 42.5 Å². The van der Waals surface area contributed by atoms with Gasteiger partial charge in [-0.3, -0.25) is 4.79 Å². The van der Waals surface area contributed by atoms with Gasteiger partial charge in [-0.25, -0.2) is 0 Å². The van der Waals surface area contributed by atoms with Crippen LogP contribution in [-0.4, -0.2) is 43.4 Å². The second-order valence-corrected chi connectivity index (χ2v) is 10.2. The molecule has 3 aromatic carbocycles. The van der Waals surface area contributed by atoms with Gasteiger partial charge in [-0.2, -0.15) is 0 Å². The van der Waals surface area contributed by atoms with Gasteiger partial charge in [-0.05, 0) is 35.4 Å². The molecule has 9 nitrogen and oxygen atoms in total. The molecular formula is C32H31NO8. The van der Waals surface area contributed by atoms with Crippen molar-refractivity contribution in [3.05, 3.63) is 107 Å². The molecule has 41 heavy (non-hydrogen) atoms. The molecule has 2 aliphatic rings. The second kappa shape index (κ2) is 9.95. The Bertz CT molecular complexity index is 1580. The summed E-state index contributed by atoms with van der Waals surface area (Å²) in [6, 6.07) is 22.7. The normalized spacial score (nSPS) is 26.1. The van der Waals surface area contributed by atoms with E-state index in [0.717, 1.165) is 0 Å². The SMILES string of the molecule is COc1ccc(C23Oc4cc(OC)cc(OC)c4C2(O)C(O)C(C(=O)c2ccc(CN)o2)C3c2ccccc2)cc1. The first kappa shape index (κ1) is 26.9. The fraction of sp³-hybridized carbons (Fsp3) is 0.281. The summed E-state index contributed by atoms with van der Waals surface area (Å²) < 4.78 is 29.2. The number of furan rings is 1. The van der Waals surface area contributed by atoms with E-state index in [-0.39, 0.29) is 29.4 Å². The Hall–Kier alpha value is -4.31. The number of rotatable bonds is 8. The number of Topliss-reactive ketones (excluding diaryl/α,β-unsaturated/α-hetero) is 1. The third kappa shape index (κ3) is 3.70. The Balaban J connectivity index is 1.67. The molecule has 0 bridgehead atoms. The number of carbonyl (C=O) groups is 1. The second-order valence-electron chi connectivity index (χ2n) is 10.2. The van der Waals surface area contributed by atoms with E-state index >= 15 is 0 Å². The summed E-state index contributed by atoms with van der Waals surface area (Å²) in [6.45, 7) is 0.109. The quantitative estimate of drug-likeness (QED) is 0.276. The highest BCUT2D eigenvalue weighted by molar-refractivity contribution is 5.97. The van der Waals surface area contributed by atoms with Crippen molar-refractivity contribution in [3.8, 4) is 23.0 Å². The molecule has 0 saturated heterocycles. The van der Waals surface area contributed by atoms with Crippen LogP contribution in [-0.2, 0) is 17.7 Å². The van der Waals surface area contributed by atoms with Crippen LogP contribution in [0.1, 0.15) is 38.9 Å². The highest BCUT2D eigenvalue weighted by Crippen LogP contribution is 2.70. The number of aliphatic hydroxyl groups excluding tert-OH is 1. The Kier molecular flexibility index (Phi) is 6.53. The maximum absolute atomic E-state index is 14.3. The first-order valence-corrected chi connectivity index (χ1v) is 13.2. The minimum Gasteiger partial charge on any atom is -0.497 e. The van der Waals surface area contributed by atoms with Crippen molar-refractivity contribution in [2.75, 3.05) is 21.3 Å². The molecule has 5 atom stereocenters. The van der Waals surface area contributed by atoms with Crippen LogP contribution in [0.4, 0.5) is 0 Å². The number of ether oxygens (including phenoxy) is 4. The highest BCUT2D eigenvalue weighted by atomic mass is 16.5. The van der Waals surface area contributed by atoms with E-state index in [4.69, 9.17) is 29.1 Å². The summed E-state index contributed by atoms with van der Waals surface area (Å²) in [5, 5.41) is 25.2. The largest absolute Gasteiger partial charge is 0.497 e. The lowest BCUT2D eigenvalue weighted by molar-refractivity contribution is -0.151. The third-order valence-electron chi connectivity index (χ3n) is 8.36. The molecule has 1 aliphatic heterocycles. The molecule has 2 heterocycles. The molecule has 9 heteroatoms. The predicted molar refractivity (Wildman–Crippen MR) is 148 cm³/mol. The van der Waals surface area contributed by atoms with Gasteiger partial charge in [-0.15, -0.1) is 0 Å². The van der Waals surface area contributed by atoms with Crippen LogP contribution >= 0.6 is 0 Å². The van der Waals surface area contributed by atoms with E-state index in [1.54, 1.807) is 49.6 Å². The van der Waals surface area contributed by atoms with Crippen molar-refractivity contribution in [3.63, 3.8) is 0 Å². The molecule has 4 aromatic rings. The van der Waals surface area contributed by atoms with Crippen molar-refractivity contribution in [1.29, 1.82) is 0 Å². The molecule has 1 fully saturated rings. The summed E-state index contributed by atoms with van der Waals surface area (Å²) in [4.78, 5) is 14.3. The van der Waals surface area contributed by atoms with Gasteiger partial charge in [0.2, 0.25) is 5.78 Å². The standard InChI is InChI=1S/C32H31NO8/c1-37-20-11-9-19(10-12-20)32-27(18-7-5-4-6-8-18)26(29(34)23-14-13-21(17-33)40-23)30(35)31(32,36)28-24(39-3)15-22(38-2)16-25(28)41-32/h4-16,26-27,30,35-36H,17,33H2,1-3H3. The molecule has 5 unspecified atom stereocenters. The van der Waals surface area contributed by atoms with Crippen molar-refractivity contribution in [2.45, 2.75) is 29.8 Å². The van der Waals surface area contributed by atoms with E-state index < -0.39 is 34.9 Å². The summed E-state index contributed by atoms with van der Waals surface area (Å²) in [6.07, 6.45) is -1.64. The average Bonchev–Trinajstić information content (AvgIpc) is 3.66. The van der Waals surface area contributed by atoms with Gasteiger partial charge < -0.3 is 39.3 Å². The molecule has 0 amide bonds. The maximum Gasteiger partial charge on any atom is 0.204 e. The molecule has 1 saturated carbocycles. The number of nitrogens with two attached hydrogens (primary N) is 1. The minimum atomic E-state index is -2.14. The lowest BCUT2D eigenvalue weighted by atomic mass is 9.70. The number of benzene rings is 3. The molecule has 212 valence electrons. The number of hydrogen-bond donors (Lipinski definition) is 3. The smallest absolute Gasteiger partial charge is 0.204 e. The van der Waals surface area contributed by atoms with Crippen molar-refractivity contribution in [2.24, 2.45) is 11.7 Å². The number of hydrogen-bond acceptors (Lipinski definition) is 9. The zero-order valence-corrected chi connectivity index (χ0v) is 22.9. The monoisotopic (exact) mass is 557 g/mol. The van der Waals surface area contributed by atoms with E-state index in [9.17, 15) is 15.0 Å². The summed E-state index contributed by atoms with van der Waals surface area (Å²) in [7, 11) is 4.53. The zero-order chi connectivity index (χ0) is 28.9. The van der Waals surface area contributed by atoms with Gasteiger partial charge in [0, 0.05) is 18.1 Å². The van der Waals surface area contributed by atoms with E-state index in [1.165, 1.54) is 20.3 Å². The van der Waals surface area contributed by atoms with Crippen LogP contribution in [0.15, 0.2) is 83.3 Å². The van der Waals surface area contributed by atoms with Gasteiger partial charge >= 0.3 is 0 Å². The molecule has 6 rings (SSSR count). The molecular weight excluding hydrogens is 526 g/mol. The number of ketones is 1. The number of aliphatic hydroxyl groups is 2. The molecule has 0 spiro atoms. The fourth-order valence-electron chi connectivity index (χ4n) is 6.58. The third-order valence-corrected chi connectivity index (χ3v) is 8.36. The van der Waals surface area contributed by atoms with E-state index in [1.807, 2.05) is 30.3 Å². The Morgan fingerprint density at radius 1 is 0.927 bits per heavy atom. The van der Waals surface area contributed by atoms with Crippen molar-refractivity contribution in [1.82, 2.24) is 0 Å². The molecule has 1 aliphatic carbocycles. The van der Waals surface area contributed by atoms with Crippen LogP contribution in [0.3, 0.4) is 0 Å². The van der Waals surface area contributed by atoms with Crippen LogP contribution < -0.4 is 24.7 Å². The van der Waals surface area contributed by atoms with Crippen LogP contribution in [0.2, 0.25) is 0 Å². The first-order valence-electron chi connectivity index (χ1n) is 13.2. The number of methoxy groups -OCH3 is 3. The van der Waals surface area contributed by atoms with Gasteiger partial charge in [0.15, 0.2) is 17.0 Å². The van der Waals surface area contributed by atoms with E-state index in [0.29, 0.717) is 28.4 Å². The van der Waals surface area contributed by atoms with Gasteiger partial charge in [0.1, 0.15) is 34.9 Å². The van der Waals surface area contributed by atoms with Crippen LogP contribution in [0.25, 0.3) is 0 Å². The Morgan fingerprint density at radius 3 is 2.24 bits per heavy atom. The first-order chi connectivity index (χ1) is 19.8. The van der Waals surface area contributed by atoms with Crippen LogP contribution in [0, 0.1) is 5.92 Å². The minimum absolute atomic E-state index is 0.0332. The molecule has 4 N–H and O–H groups in total. The summed E-state index contributed by atoms with van der Waals surface area (Å²) in [5.41, 5.74) is 3.36. The van der Waals surface area contributed by atoms with Gasteiger partial charge in [0.25, 0.3) is 0 Å². The summed E-state index contributed by atoms with van der Waals surface area (Å²) >= 11 is 0. The van der Waals surface area contributed by atoms with Crippen molar-refractivity contribution < 1.29 is 38.4 Å². The molecule has 0 radical (unpaired) electrons. The average molecular weight is 558 g/mol.